The van der Waals surface area contributed by atoms with Crippen molar-refractivity contribution in [3.8, 4) is 0 Å². The number of rotatable bonds is 1. The second-order valence-electron chi connectivity index (χ2n) is 4.98. The van der Waals surface area contributed by atoms with Crippen molar-refractivity contribution in [1.29, 1.82) is 0 Å². The Hall–Kier alpha value is -1.56. The van der Waals surface area contributed by atoms with E-state index in [0.717, 1.165) is 33.4 Å². The number of nitrogen functional groups attached to an aromatic ring is 1. The maximum atomic E-state index is 12.6. The number of nitrogens with two attached hydrogens (primary N) is 1. The predicted molar refractivity (Wildman–Crippen MR) is 88.5 cm³/mol. The van der Waals surface area contributed by atoms with Crippen molar-refractivity contribution in [2.75, 3.05) is 12.3 Å². The molecule has 1 aliphatic heterocycles. The summed E-state index contributed by atoms with van der Waals surface area (Å²) in [7, 11) is 0. The maximum absolute atomic E-state index is 12.6. The molecule has 3 nitrogen and oxygen atoms in total. The van der Waals surface area contributed by atoms with Gasteiger partial charge in [-0.05, 0) is 64.4 Å². The van der Waals surface area contributed by atoms with Gasteiger partial charge >= 0.3 is 0 Å². The van der Waals surface area contributed by atoms with Crippen LogP contribution in [0.4, 0.5) is 5.69 Å². The molecule has 1 aliphatic rings. The van der Waals surface area contributed by atoms with Crippen molar-refractivity contribution < 1.29 is 4.79 Å². The summed E-state index contributed by atoms with van der Waals surface area (Å²) < 4.78 is 0.994. The third kappa shape index (κ3) is 2.52. The number of amides is 1. The molecule has 2 aromatic rings. The Morgan fingerprint density at radius 1 is 1.15 bits per heavy atom. The molecule has 0 spiro atoms. The molecule has 0 aromatic heterocycles. The average molecular weight is 378 g/mol. The highest BCUT2D eigenvalue weighted by atomic mass is 127. The molecule has 3 rings (SSSR count). The predicted octanol–water partition coefficient (Wildman–Crippen LogP) is 3.07. The lowest BCUT2D eigenvalue weighted by Gasteiger charge is -2.29. The van der Waals surface area contributed by atoms with E-state index in [9.17, 15) is 4.79 Å². The fourth-order valence-corrected chi connectivity index (χ4v) is 3.17. The van der Waals surface area contributed by atoms with E-state index in [2.05, 4.69) is 28.7 Å². The van der Waals surface area contributed by atoms with Gasteiger partial charge < -0.3 is 10.6 Å². The molecule has 2 N–H and O–H groups in total. The minimum atomic E-state index is 0.100. The Morgan fingerprint density at radius 2 is 1.95 bits per heavy atom. The summed E-state index contributed by atoms with van der Waals surface area (Å²) in [6.45, 7) is 1.41. The lowest BCUT2D eigenvalue weighted by molar-refractivity contribution is 0.0733. The molecule has 20 heavy (non-hydrogen) atoms. The quantitative estimate of drug-likeness (QED) is 0.613. The first-order chi connectivity index (χ1) is 9.65. The minimum Gasteiger partial charge on any atom is -0.399 e. The van der Waals surface area contributed by atoms with Crippen molar-refractivity contribution in [3.63, 3.8) is 0 Å². The molecule has 0 bridgehead atoms. The van der Waals surface area contributed by atoms with Gasteiger partial charge in [-0.1, -0.05) is 18.2 Å². The van der Waals surface area contributed by atoms with E-state index in [1.807, 2.05) is 41.3 Å². The van der Waals surface area contributed by atoms with Gasteiger partial charge in [-0.25, -0.2) is 0 Å². The van der Waals surface area contributed by atoms with Crippen molar-refractivity contribution in [2.45, 2.75) is 13.0 Å². The highest BCUT2D eigenvalue weighted by Crippen LogP contribution is 2.23. The highest BCUT2D eigenvalue weighted by Gasteiger charge is 2.22. The monoisotopic (exact) mass is 378 g/mol. The summed E-state index contributed by atoms with van der Waals surface area (Å²) >= 11 is 2.21. The zero-order valence-corrected chi connectivity index (χ0v) is 13.1. The molecule has 0 fully saturated rings. The lowest BCUT2D eigenvalue weighted by Crippen LogP contribution is -2.36. The van der Waals surface area contributed by atoms with Gasteiger partial charge in [0, 0.05) is 22.3 Å². The Kier molecular flexibility index (Phi) is 3.65. The van der Waals surface area contributed by atoms with E-state index in [4.69, 9.17) is 5.73 Å². The smallest absolute Gasteiger partial charge is 0.255 e. The molecule has 0 radical (unpaired) electrons. The average Bonchev–Trinajstić information content (AvgIpc) is 2.46. The fourth-order valence-electron chi connectivity index (χ4n) is 2.56. The number of carbonyl (C=O) groups is 1. The summed E-state index contributed by atoms with van der Waals surface area (Å²) in [5.41, 5.74) is 9.83. The van der Waals surface area contributed by atoms with Crippen LogP contribution in [0.1, 0.15) is 21.5 Å². The molecular formula is C16H15IN2O. The fraction of sp³-hybridized carbons (Fsp3) is 0.188. The molecule has 0 saturated heterocycles. The van der Waals surface area contributed by atoms with Crippen LogP contribution in [0, 0.1) is 3.57 Å². The Balaban J connectivity index is 1.87. The van der Waals surface area contributed by atoms with Gasteiger partial charge in [0.15, 0.2) is 0 Å². The van der Waals surface area contributed by atoms with Crippen LogP contribution in [0.3, 0.4) is 0 Å². The number of fused-ring (bicyclic) bond motifs is 1. The van der Waals surface area contributed by atoms with Gasteiger partial charge in [0.2, 0.25) is 0 Å². The normalized spacial score (nSPS) is 13.9. The van der Waals surface area contributed by atoms with Crippen LogP contribution in [-0.4, -0.2) is 17.4 Å². The van der Waals surface area contributed by atoms with Gasteiger partial charge in [-0.3, -0.25) is 4.79 Å². The van der Waals surface area contributed by atoms with Gasteiger partial charge in [-0.2, -0.15) is 0 Å². The molecule has 0 saturated carbocycles. The third-order valence-electron chi connectivity index (χ3n) is 3.63. The van der Waals surface area contributed by atoms with Crippen LogP contribution >= 0.6 is 22.6 Å². The zero-order chi connectivity index (χ0) is 14.1. The molecule has 1 amide bonds. The molecular weight excluding hydrogens is 363 g/mol. The van der Waals surface area contributed by atoms with Crippen LogP contribution in [0.5, 0.6) is 0 Å². The number of hydrogen-bond acceptors (Lipinski definition) is 2. The van der Waals surface area contributed by atoms with E-state index >= 15 is 0 Å². The van der Waals surface area contributed by atoms with Crippen LogP contribution in [0.15, 0.2) is 42.5 Å². The number of hydrogen-bond donors (Lipinski definition) is 1. The van der Waals surface area contributed by atoms with Crippen LogP contribution in [0.25, 0.3) is 0 Å². The molecule has 1 heterocycles. The zero-order valence-electron chi connectivity index (χ0n) is 11.0. The second kappa shape index (κ2) is 5.44. The summed E-state index contributed by atoms with van der Waals surface area (Å²) in [4.78, 5) is 14.5. The Labute approximate surface area is 131 Å². The van der Waals surface area contributed by atoms with Crippen molar-refractivity contribution in [1.82, 2.24) is 4.90 Å². The third-order valence-corrected chi connectivity index (χ3v) is 4.57. The van der Waals surface area contributed by atoms with E-state index in [0.29, 0.717) is 6.54 Å². The minimum absolute atomic E-state index is 0.100. The number of nitrogens with zero attached hydrogens (tertiary/aromatic N) is 1. The molecule has 2 aromatic carbocycles. The molecule has 102 valence electrons. The van der Waals surface area contributed by atoms with E-state index in [-0.39, 0.29) is 5.91 Å². The molecule has 0 unspecified atom stereocenters. The van der Waals surface area contributed by atoms with Crippen LogP contribution in [-0.2, 0) is 13.0 Å². The first kappa shape index (κ1) is 13.4. The van der Waals surface area contributed by atoms with E-state index in [1.54, 1.807) is 0 Å². The first-order valence-corrected chi connectivity index (χ1v) is 7.64. The lowest BCUT2D eigenvalue weighted by atomic mass is 9.98. The summed E-state index contributed by atoms with van der Waals surface area (Å²) in [6.07, 6.45) is 0.894. The molecule has 4 heteroatoms. The Bertz CT molecular complexity index is 669. The summed E-state index contributed by atoms with van der Waals surface area (Å²) in [5.74, 6) is 0.100. The van der Waals surface area contributed by atoms with Gasteiger partial charge in [0.05, 0.1) is 5.56 Å². The SMILES string of the molecule is Nc1ccc2c(c1)CN(C(=O)c1ccccc1I)CC2. The van der Waals surface area contributed by atoms with Crippen molar-refractivity contribution >= 4 is 34.2 Å². The highest BCUT2D eigenvalue weighted by molar-refractivity contribution is 14.1. The first-order valence-electron chi connectivity index (χ1n) is 6.56. The summed E-state index contributed by atoms with van der Waals surface area (Å²) in [5, 5.41) is 0. The van der Waals surface area contributed by atoms with Gasteiger partial charge in [-0.15, -0.1) is 0 Å². The summed E-state index contributed by atoms with van der Waals surface area (Å²) in [6, 6.07) is 13.7. The molecule has 0 atom stereocenters. The van der Waals surface area contributed by atoms with E-state index < -0.39 is 0 Å². The van der Waals surface area contributed by atoms with E-state index in [1.165, 1.54) is 5.56 Å². The number of benzene rings is 2. The van der Waals surface area contributed by atoms with Gasteiger partial charge in [0.25, 0.3) is 5.91 Å². The largest absolute Gasteiger partial charge is 0.399 e. The second-order valence-corrected chi connectivity index (χ2v) is 6.15. The van der Waals surface area contributed by atoms with Crippen molar-refractivity contribution in [2.24, 2.45) is 0 Å². The molecule has 0 aliphatic carbocycles. The maximum Gasteiger partial charge on any atom is 0.255 e. The number of anilines is 1. The van der Waals surface area contributed by atoms with Crippen LogP contribution < -0.4 is 5.73 Å². The topological polar surface area (TPSA) is 46.3 Å². The van der Waals surface area contributed by atoms with Gasteiger partial charge in [0.1, 0.15) is 0 Å². The standard InChI is InChI=1S/C16H15IN2O/c17-15-4-2-1-3-14(15)16(20)19-8-7-11-5-6-13(18)9-12(11)10-19/h1-6,9H,7-8,10,18H2. The number of halogens is 1. The van der Waals surface area contributed by atoms with Crippen LogP contribution in [0.2, 0.25) is 0 Å². The Morgan fingerprint density at radius 3 is 2.75 bits per heavy atom. The van der Waals surface area contributed by atoms with Crippen molar-refractivity contribution in [3.05, 3.63) is 62.7 Å². The number of carbonyl (C=O) groups excluding carboxylic acids is 1.